The van der Waals surface area contributed by atoms with Gasteiger partial charge in [0.2, 0.25) is 0 Å². The van der Waals surface area contributed by atoms with Crippen LogP contribution in [0.1, 0.15) is 48.1 Å². The number of carbonyl (C=O) groups is 1. The summed E-state index contributed by atoms with van der Waals surface area (Å²) in [5.74, 6) is 2.13. The monoisotopic (exact) mass is 592 g/mol. The third kappa shape index (κ3) is 5.89. The summed E-state index contributed by atoms with van der Waals surface area (Å²) < 4.78 is 49.4. The van der Waals surface area contributed by atoms with E-state index >= 15 is 0 Å². The van der Waals surface area contributed by atoms with Crippen molar-refractivity contribution < 1.29 is 27.1 Å². The van der Waals surface area contributed by atoms with Gasteiger partial charge in [-0.05, 0) is 98.0 Å². The molecular formula is C33H37FN2O5S. The third-order valence-corrected chi connectivity index (χ3v) is 10.0. The van der Waals surface area contributed by atoms with Crippen LogP contribution in [0.3, 0.4) is 0 Å². The summed E-state index contributed by atoms with van der Waals surface area (Å²) in [6.07, 6.45) is 3.80. The van der Waals surface area contributed by atoms with E-state index in [1.807, 2.05) is 50.2 Å². The second-order valence-electron chi connectivity index (χ2n) is 12.0. The van der Waals surface area contributed by atoms with Crippen LogP contribution in [0.4, 0.5) is 10.2 Å². The summed E-state index contributed by atoms with van der Waals surface area (Å²) in [7, 11) is -2.97. The number of aryl methyl sites for hydroxylation is 1. The first-order valence-corrected chi connectivity index (χ1v) is 16.8. The number of benzene rings is 2. The summed E-state index contributed by atoms with van der Waals surface area (Å²) in [5, 5.41) is 0. The van der Waals surface area contributed by atoms with E-state index in [1.54, 1.807) is 6.07 Å². The molecule has 3 aliphatic rings. The highest BCUT2D eigenvalue weighted by atomic mass is 32.2. The molecule has 1 aromatic heterocycles. The molecule has 0 N–H and O–H groups in total. The number of carbonyl (C=O) groups excluding carboxylic acids is 1. The standard InChI is InChI=1S/C33H37FN2O5S/c1-4-40-33(37)32-28-17-23-16-25(6-7-27(23)31(28)32)41-18-24-15-22(5-9-29(24)34)26-8-10-30(35-20(26)2)36-13-11-21(12-14-36)19-42(3,38)39/h5-10,15-16,21,28,31-32H,4,11-14,17-19H2,1-3H3/t28-,31+,32+/m1/s1. The zero-order chi connectivity index (χ0) is 29.6. The molecule has 2 aromatic carbocycles. The van der Waals surface area contributed by atoms with E-state index in [-0.39, 0.29) is 41.9 Å². The number of aromatic nitrogens is 1. The maximum atomic E-state index is 14.8. The van der Waals surface area contributed by atoms with Gasteiger partial charge in [0.05, 0.1) is 18.3 Å². The number of hydrogen-bond donors (Lipinski definition) is 0. The van der Waals surface area contributed by atoms with E-state index in [4.69, 9.17) is 14.5 Å². The van der Waals surface area contributed by atoms with Gasteiger partial charge < -0.3 is 14.4 Å². The van der Waals surface area contributed by atoms with Gasteiger partial charge in [0.1, 0.15) is 33.8 Å². The topological polar surface area (TPSA) is 85.8 Å². The Morgan fingerprint density at radius 3 is 2.60 bits per heavy atom. The van der Waals surface area contributed by atoms with Crippen molar-refractivity contribution in [3.63, 3.8) is 0 Å². The molecule has 2 fully saturated rings. The molecule has 0 unspecified atom stereocenters. The van der Waals surface area contributed by atoms with E-state index in [9.17, 15) is 17.6 Å². The van der Waals surface area contributed by atoms with Crippen LogP contribution in [0.15, 0.2) is 48.5 Å². The fourth-order valence-electron chi connectivity index (χ4n) is 6.84. The Hall–Kier alpha value is -3.46. The summed E-state index contributed by atoms with van der Waals surface area (Å²) >= 11 is 0. The van der Waals surface area contributed by atoms with Gasteiger partial charge in [0.25, 0.3) is 0 Å². The molecule has 1 saturated carbocycles. The number of fused-ring (bicyclic) bond motifs is 3. The van der Waals surface area contributed by atoms with Crippen molar-refractivity contribution in [3.8, 4) is 16.9 Å². The average molecular weight is 593 g/mol. The van der Waals surface area contributed by atoms with Crippen molar-refractivity contribution in [3.05, 3.63) is 76.7 Å². The Kier molecular flexibility index (Phi) is 7.72. The van der Waals surface area contributed by atoms with Crippen molar-refractivity contribution in [2.24, 2.45) is 17.8 Å². The van der Waals surface area contributed by atoms with Crippen LogP contribution in [0.2, 0.25) is 0 Å². The first-order chi connectivity index (χ1) is 20.1. The van der Waals surface area contributed by atoms with Crippen LogP contribution < -0.4 is 9.64 Å². The molecule has 2 aliphatic carbocycles. The number of sulfone groups is 1. The van der Waals surface area contributed by atoms with Gasteiger partial charge in [-0.15, -0.1) is 0 Å². The Morgan fingerprint density at radius 2 is 1.88 bits per heavy atom. The van der Waals surface area contributed by atoms with E-state index in [0.29, 0.717) is 23.8 Å². The molecule has 222 valence electrons. The maximum absolute atomic E-state index is 14.8. The molecule has 3 atom stereocenters. The Morgan fingerprint density at radius 1 is 1.10 bits per heavy atom. The van der Waals surface area contributed by atoms with E-state index in [1.165, 1.54) is 23.4 Å². The summed E-state index contributed by atoms with van der Waals surface area (Å²) in [6, 6.07) is 15.0. The maximum Gasteiger partial charge on any atom is 0.309 e. The van der Waals surface area contributed by atoms with Crippen LogP contribution in [-0.2, 0) is 32.4 Å². The summed E-state index contributed by atoms with van der Waals surface area (Å²) in [4.78, 5) is 19.2. The molecule has 7 nitrogen and oxygen atoms in total. The Balaban J connectivity index is 1.10. The van der Waals surface area contributed by atoms with Crippen LogP contribution in [0.25, 0.3) is 11.1 Å². The molecule has 1 aliphatic heterocycles. The number of piperidine rings is 1. The largest absolute Gasteiger partial charge is 0.489 e. The lowest BCUT2D eigenvalue weighted by Gasteiger charge is -2.32. The molecule has 2 heterocycles. The van der Waals surface area contributed by atoms with Crippen LogP contribution in [0, 0.1) is 30.5 Å². The first-order valence-electron chi connectivity index (χ1n) is 14.7. The molecule has 0 bridgehead atoms. The van der Waals surface area contributed by atoms with Crippen LogP contribution in [-0.4, -0.2) is 51.1 Å². The van der Waals surface area contributed by atoms with Gasteiger partial charge in [-0.25, -0.2) is 17.8 Å². The molecule has 3 aromatic rings. The molecule has 9 heteroatoms. The predicted octanol–water partition coefficient (Wildman–Crippen LogP) is 5.48. The molecule has 1 saturated heterocycles. The van der Waals surface area contributed by atoms with Crippen LogP contribution in [0.5, 0.6) is 5.75 Å². The molecule has 0 spiro atoms. The number of nitrogens with zero attached hydrogens (tertiary/aromatic N) is 2. The number of anilines is 1. The second kappa shape index (κ2) is 11.3. The lowest BCUT2D eigenvalue weighted by Crippen LogP contribution is -2.36. The number of ether oxygens (including phenoxy) is 2. The lowest BCUT2D eigenvalue weighted by molar-refractivity contribution is -0.145. The van der Waals surface area contributed by atoms with Crippen molar-refractivity contribution in [2.75, 3.05) is 36.6 Å². The summed E-state index contributed by atoms with van der Waals surface area (Å²) in [6.45, 7) is 5.85. The molecule has 0 amide bonds. The quantitative estimate of drug-likeness (QED) is 0.304. The van der Waals surface area contributed by atoms with Gasteiger partial charge in [-0.3, -0.25) is 4.79 Å². The third-order valence-electron chi connectivity index (χ3n) is 8.96. The highest BCUT2D eigenvalue weighted by Gasteiger charge is 2.60. The first kappa shape index (κ1) is 28.6. The van der Waals surface area contributed by atoms with Crippen molar-refractivity contribution in [2.45, 2.75) is 45.6 Å². The highest BCUT2D eigenvalue weighted by Crippen LogP contribution is 2.62. The zero-order valence-corrected chi connectivity index (χ0v) is 25.1. The van der Waals surface area contributed by atoms with Gasteiger partial charge in [-0.2, -0.15) is 0 Å². The molecule has 0 radical (unpaired) electrons. The number of hydrogen-bond acceptors (Lipinski definition) is 7. The number of esters is 1. The van der Waals surface area contributed by atoms with Gasteiger partial charge in [-0.1, -0.05) is 12.1 Å². The molecule has 6 rings (SSSR count). The fourth-order valence-corrected chi connectivity index (χ4v) is 8.03. The SMILES string of the molecule is CCOC(=O)[C@H]1[C@@H]2Cc3cc(OCc4cc(-c5ccc(N6CCC(CS(C)(=O)=O)CC6)nc5C)ccc4F)ccc3[C@@H]21. The van der Waals surface area contributed by atoms with Crippen molar-refractivity contribution in [1.29, 1.82) is 0 Å². The van der Waals surface area contributed by atoms with Gasteiger partial charge in [0, 0.05) is 42.1 Å². The van der Waals surface area contributed by atoms with Gasteiger partial charge in [0.15, 0.2) is 0 Å². The highest BCUT2D eigenvalue weighted by molar-refractivity contribution is 7.90. The van der Waals surface area contributed by atoms with E-state index in [2.05, 4.69) is 4.90 Å². The summed E-state index contributed by atoms with van der Waals surface area (Å²) in [5.41, 5.74) is 5.51. The molecular weight excluding hydrogens is 555 g/mol. The minimum absolute atomic E-state index is 0.0211. The number of halogens is 1. The molecule has 42 heavy (non-hydrogen) atoms. The zero-order valence-electron chi connectivity index (χ0n) is 24.3. The second-order valence-corrected chi connectivity index (χ2v) is 14.1. The fraction of sp³-hybridized carbons (Fsp3) is 0.455. The number of rotatable bonds is 9. The van der Waals surface area contributed by atoms with Gasteiger partial charge >= 0.3 is 5.97 Å². The smallest absolute Gasteiger partial charge is 0.309 e. The minimum Gasteiger partial charge on any atom is -0.489 e. The van der Waals surface area contributed by atoms with E-state index in [0.717, 1.165) is 55.0 Å². The predicted molar refractivity (Wildman–Crippen MR) is 160 cm³/mol. The van der Waals surface area contributed by atoms with Crippen molar-refractivity contribution in [1.82, 2.24) is 4.98 Å². The van der Waals surface area contributed by atoms with Crippen LogP contribution >= 0.6 is 0 Å². The Labute approximate surface area is 247 Å². The van der Waals surface area contributed by atoms with Crippen molar-refractivity contribution >= 4 is 21.6 Å². The minimum atomic E-state index is -2.97. The normalized spacial score (nSPS) is 21.5. The number of pyridine rings is 1. The van der Waals surface area contributed by atoms with E-state index < -0.39 is 9.84 Å². The average Bonchev–Trinajstić information content (AvgIpc) is 3.54. The lowest BCUT2D eigenvalue weighted by atomic mass is 9.98. The Bertz CT molecular complexity index is 1620.